The standard InChI is InChI=1S/C23H30N2O4S/c1-23(2,3)18-8-10-21(11-9-18)30(27,28)24-19-12-14-25(15-13-19)22(26)17-6-5-7-20(16-17)29-4/h5-11,16,19,24H,12-15H2,1-4H3. The number of sulfonamides is 1. The van der Waals surface area contributed by atoms with Gasteiger partial charge < -0.3 is 9.64 Å². The molecule has 1 aliphatic heterocycles. The fraction of sp³-hybridized carbons (Fsp3) is 0.435. The Balaban J connectivity index is 1.60. The maximum Gasteiger partial charge on any atom is 0.253 e. The van der Waals surface area contributed by atoms with E-state index in [2.05, 4.69) is 25.5 Å². The van der Waals surface area contributed by atoms with Gasteiger partial charge in [0.2, 0.25) is 10.0 Å². The van der Waals surface area contributed by atoms with Crippen molar-refractivity contribution in [3.63, 3.8) is 0 Å². The quantitative estimate of drug-likeness (QED) is 0.787. The van der Waals surface area contributed by atoms with Gasteiger partial charge in [-0.05, 0) is 54.2 Å². The van der Waals surface area contributed by atoms with Crippen molar-refractivity contribution in [2.45, 2.75) is 50.0 Å². The summed E-state index contributed by atoms with van der Waals surface area (Å²) in [6.07, 6.45) is 1.16. The molecule has 0 aliphatic carbocycles. The maximum atomic E-state index is 12.8. The van der Waals surface area contributed by atoms with Crippen molar-refractivity contribution >= 4 is 15.9 Å². The molecule has 2 aromatic rings. The number of carbonyl (C=O) groups excluding carboxylic acids is 1. The molecule has 2 aromatic carbocycles. The molecule has 1 aliphatic rings. The van der Waals surface area contributed by atoms with E-state index in [1.807, 2.05) is 12.1 Å². The van der Waals surface area contributed by atoms with Crippen LogP contribution in [-0.2, 0) is 15.4 Å². The minimum atomic E-state index is -3.59. The summed E-state index contributed by atoms with van der Waals surface area (Å²) in [5, 5.41) is 0. The molecule has 1 fully saturated rings. The lowest BCUT2D eigenvalue weighted by Crippen LogP contribution is -2.46. The van der Waals surface area contributed by atoms with E-state index in [0.717, 1.165) is 5.56 Å². The second kappa shape index (κ2) is 8.78. The van der Waals surface area contributed by atoms with Crippen LogP contribution in [0.2, 0.25) is 0 Å². The zero-order valence-electron chi connectivity index (χ0n) is 18.0. The van der Waals surface area contributed by atoms with Gasteiger partial charge in [-0.2, -0.15) is 0 Å². The zero-order chi connectivity index (χ0) is 21.9. The van der Waals surface area contributed by atoms with Gasteiger partial charge in [-0.1, -0.05) is 39.0 Å². The highest BCUT2D eigenvalue weighted by Crippen LogP contribution is 2.24. The van der Waals surface area contributed by atoms with E-state index >= 15 is 0 Å². The molecule has 0 aromatic heterocycles. The van der Waals surface area contributed by atoms with Crippen LogP contribution in [-0.4, -0.2) is 45.5 Å². The van der Waals surface area contributed by atoms with Crippen LogP contribution in [0.15, 0.2) is 53.4 Å². The van der Waals surface area contributed by atoms with Crippen LogP contribution in [0, 0.1) is 0 Å². The summed E-state index contributed by atoms with van der Waals surface area (Å²) in [6, 6.07) is 13.9. The van der Waals surface area contributed by atoms with E-state index in [4.69, 9.17) is 4.74 Å². The summed E-state index contributed by atoms with van der Waals surface area (Å²) in [4.78, 5) is 14.8. The van der Waals surface area contributed by atoms with Gasteiger partial charge in [0.05, 0.1) is 12.0 Å². The van der Waals surface area contributed by atoms with E-state index in [1.54, 1.807) is 48.4 Å². The second-order valence-corrected chi connectivity index (χ2v) is 10.4. The van der Waals surface area contributed by atoms with Crippen LogP contribution >= 0.6 is 0 Å². The lowest BCUT2D eigenvalue weighted by Gasteiger charge is -2.32. The van der Waals surface area contributed by atoms with Crippen molar-refractivity contribution in [3.8, 4) is 5.75 Å². The number of likely N-dealkylation sites (tertiary alicyclic amines) is 1. The number of piperidine rings is 1. The molecule has 0 atom stereocenters. The monoisotopic (exact) mass is 430 g/mol. The summed E-state index contributed by atoms with van der Waals surface area (Å²) >= 11 is 0. The van der Waals surface area contributed by atoms with Gasteiger partial charge in [0.15, 0.2) is 0 Å². The Bertz CT molecular complexity index is 987. The maximum absolute atomic E-state index is 12.8. The molecular formula is C23H30N2O4S. The fourth-order valence-electron chi connectivity index (χ4n) is 3.56. The van der Waals surface area contributed by atoms with E-state index < -0.39 is 10.0 Å². The number of hydrogen-bond acceptors (Lipinski definition) is 4. The van der Waals surface area contributed by atoms with E-state index in [-0.39, 0.29) is 22.3 Å². The molecule has 0 radical (unpaired) electrons. The minimum Gasteiger partial charge on any atom is -0.497 e. The lowest BCUT2D eigenvalue weighted by molar-refractivity contribution is 0.0711. The van der Waals surface area contributed by atoms with Crippen molar-refractivity contribution in [2.75, 3.05) is 20.2 Å². The Hall–Kier alpha value is -2.38. The number of ether oxygens (including phenoxy) is 1. The first-order valence-electron chi connectivity index (χ1n) is 10.2. The van der Waals surface area contributed by atoms with Crippen LogP contribution < -0.4 is 9.46 Å². The van der Waals surface area contributed by atoms with E-state index in [1.165, 1.54) is 0 Å². The van der Waals surface area contributed by atoms with E-state index in [9.17, 15) is 13.2 Å². The summed E-state index contributed by atoms with van der Waals surface area (Å²) in [6.45, 7) is 7.29. The Morgan fingerprint density at radius 1 is 1.07 bits per heavy atom. The van der Waals surface area contributed by atoms with Crippen molar-refractivity contribution in [2.24, 2.45) is 0 Å². The SMILES string of the molecule is COc1cccc(C(=O)N2CCC(NS(=O)(=O)c3ccc(C(C)(C)C)cc3)CC2)c1. The highest BCUT2D eigenvalue weighted by atomic mass is 32.2. The minimum absolute atomic E-state index is 0.0299. The van der Waals surface area contributed by atoms with Gasteiger partial charge in [-0.3, -0.25) is 4.79 Å². The Morgan fingerprint density at radius 2 is 1.70 bits per heavy atom. The molecule has 0 bridgehead atoms. The number of amides is 1. The Labute approximate surface area is 179 Å². The average Bonchev–Trinajstić information content (AvgIpc) is 2.73. The topological polar surface area (TPSA) is 75.7 Å². The number of benzene rings is 2. The molecule has 1 amide bonds. The van der Waals surface area contributed by atoms with Crippen LogP contribution in [0.4, 0.5) is 0 Å². The summed E-state index contributed by atoms with van der Waals surface area (Å²) in [7, 11) is -2.02. The number of nitrogens with one attached hydrogen (secondary N) is 1. The number of methoxy groups -OCH3 is 1. The largest absolute Gasteiger partial charge is 0.497 e. The predicted octanol–water partition coefficient (Wildman–Crippen LogP) is 3.58. The van der Waals surface area contributed by atoms with Gasteiger partial charge in [0, 0.05) is 24.7 Å². The average molecular weight is 431 g/mol. The molecule has 1 heterocycles. The Kier molecular flexibility index (Phi) is 6.53. The molecule has 0 unspecified atom stereocenters. The molecule has 1 saturated heterocycles. The third-order valence-electron chi connectivity index (χ3n) is 5.45. The highest BCUT2D eigenvalue weighted by molar-refractivity contribution is 7.89. The van der Waals surface area contributed by atoms with Gasteiger partial charge in [0.25, 0.3) is 5.91 Å². The van der Waals surface area contributed by atoms with Crippen LogP contribution in [0.1, 0.15) is 49.5 Å². The van der Waals surface area contributed by atoms with Crippen LogP contribution in [0.3, 0.4) is 0 Å². The fourth-order valence-corrected chi connectivity index (χ4v) is 4.87. The van der Waals surface area contributed by atoms with Crippen LogP contribution in [0.5, 0.6) is 5.75 Å². The van der Waals surface area contributed by atoms with E-state index in [0.29, 0.717) is 37.2 Å². The lowest BCUT2D eigenvalue weighted by atomic mass is 9.87. The number of nitrogens with zero attached hydrogens (tertiary/aromatic N) is 1. The summed E-state index contributed by atoms with van der Waals surface area (Å²) in [5.74, 6) is 0.578. The smallest absolute Gasteiger partial charge is 0.253 e. The van der Waals surface area contributed by atoms with Crippen molar-refractivity contribution in [3.05, 3.63) is 59.7 Å². The molecule has 3 rings (SSSR count). The second-order valence-electron chi connectivity index (χ2n) is 8.69. The third kappa shape index (κ3) is 5.21. The molecule has 7 heteroatoms. The summed E-state index contributed by atoms with van der Waals surface area (Å²) in [5.41, 5.74) is 1.64. The number of carbonyl (C=O) groups is 1. The van der Waals surface area contributed by atoms with Crippen molar-refractivity contribution < 1.29 is 17.9 Å². The van der Waals surface area contributed by atoms with Gasteiger partial charge in [0.1, 0.15) is 5.75 Å². The number of hydrogen-bond donors (Lipinski definition) is 1. The number of rotatable bonds is 5. The van der Waals surface area contributed by atoms with Gasteiger partial charge >= 0.3 is 0 Å². The van der Waals surface area contributed by atoms with Crippen molar-refractivity contribution in [1.29, 1.82) is 0 Å². The predicted molar refractivity (Wildman–Crippen MR) is 117 cm³/mol. The summed E-state index contributed by atoms with van der Waals surface area (Å²) < 4.78 is 33.5. The first-order chi connectivity index (χ1) is 14.1. The van der Waals surface area contributed by atoms with Crippen LogP contribution in [0.25, 0.3) is 0 Å². The molecule has 0 spiro atoms. The molecule has 30 heavy (non-hydrogen) atoms. The molecule has 6 nitrogen and oxygen atoms in total. The molecule has 162 valence electrons. The van der Waals surface area contributed by atoms with Gasteiger partial charge in [-0.25, -0.2) is 13.1 Å². The highest BCUT2D eigenvalue weighted by Gasteiger charge is 2.27. The first-order valence-corrected chi connectivity index (χ1v) is 11.6. The van der Waals surface area contributed by atoms with Crippen molar-refractivity contribution in [1.82, 2.24) is 9.62 Å². The van der Waals surface area contributed by atoms with Gasteiger partial charge in [-0.15, -0.1) is 0 Å². The zero-order valence-corrected chi connectivity index (χ0v) is 18.8. The third-order valence-corrected chi connectivity index (χ3v) is 6.99. The molecule has 1 N–H and O–H groups in total. The first kappa shape index (κ1) is 22.3. The molecule has 0 saturated carbocycles. The Morgan fingerprint density at radius 3 is 2.27 bits per heavy atom. The normalized spacial score (nSPS) is 15.8. The molecular weight excluding hydrogens is 400 g/mol.